The minimum absolute atomic E-state index is 0.299. The molecule has 0 amide bonds. The van der Waals surface area contributed by atoms with Crippen LogP contribution in [-0.4, -0.2) is 5.97 Å². The summed E-state index contributed by atoms with van der Waals surface area (Å²) in [5, 5.41) is 18.8. The van der Waals surface area contributed by atoms with E-state index in [1.165, 1.54) is 0 Å². The second-order valence-electron chi connectivity index (χ2n) is 5.03. The van der Waals surface area contributed by atoms with Gasteiger partial charge in [-0.3, -0.25) is 0 Å². The first-order valence-electron chi connectivity index (χ1n) is 6.70. The zero-order valence-corrected chi connectivity index (χ0v) is 12.3. The lowest BCUT2D eigenvalue weighted by molar-refractivity contribution is 0.0238. The molecule has 0 aromatic heterocycles. The maximum Gasteiger partial charge on any atom is 0.340 e. The van der Waals surface area contributed by atoms with Gasteiger partial charge in [0.25, 0.3) is 0 Å². The fourth-order valence-electron chi connectivity index (χ4n) is 1.93. The van der Waals surface area contributed by atoms with Gasteiger partial charge < -0.3 is 4.74 Å². The highest BCUT2D eigenvalue weighted by Gasteiger charge is 2.37. The molecule has 2 rings (SSSR count). The number of rotatable bonds is 3. The van der Waals surface area contributed by atoms with E-state index in [0.29, 0.717) is 11.1 Å². The van der Waals surface area contributed by atoms with Crippen LogP contribution in [0.3, 0.4) is 0 Å². The van der Waals surface area contributed by atoms with Crippen LogP contribution in [0, 0.1) is 36.5 Å². The van der Waals surface area contributed by atoms with Gasteiger partial charge in [-0.1, -0.05) is 47.5 Å². The summed E-state index contributed by atoms with van der Waals surface area (Å²) in [6, 6.07) is 17.1. The number of carbonyl (C=O) groups is 1. The van der Waals surface area contributed by atoms with Crippen LogP contribution in [0.1, 0.15) is 27.0 Å². The highest BCUT2D eigenvalue weighted by molar-refractivity contribution is 5.90. The van der Waals surface area contributed by atoms with Crippen molar-refractivity contribution in [1.29, 1.82) is 10.5 Å². The Bertz CT molecular complexity index is 749. The second kappa shape index (κ2) is 6.11. The van der Waals surface area contributed by atoms with Gasteiger partial charge >= 0.3 is 11.6 Å². The molecular formula is C18H14N2O2. The van der Waals surface area contributed by atoms with Gasteiger partial charge in [-0.25, -0.2) is 4.79 Å². The Morgan fingerprint density at radius 3 is 1.82 bits per heavy atom. The number of aryl methyl sites for hydroxylation is 2. The van der Waals surface area contributed by atoms with Crippen molar-refractivity contribution >= 4 is 5.97 Å². The van der Waals surface area contributed by atoms with Crippen molar-refractivity contribution in [2.45, 2.75) is 19.4 Å². The molecular weight excluding hydrogens is 276 g/mol. The Labute approximate surface area is 129 Å². The minimum Gasteiger partial charge on any atom is -0.422 e. The quantitative estimate of drug-likeness (QED) is 0.812. The Morgan fingerprint density at radius 1 is 0.909 bits per heavy atom. The van der Waals surface area contributed by atoms with Crippen LogP contribution < -0.4 is 0 Å². The zero-order chi connectivity index (χ0) is 16.2. The molecule has 0 spiro atoms. The third-order valence-electron chi connectivity index (χ3n) is 3.31. The largest absolute Gasteiger partial charge is 0.422 e. The Hall–Kier alpha value is -3.11. The molecule has 0 fully saturated rings. The van der Waals surface area contributed by atoms with Crippen molar-refractivity contribution in [2.75, 3.05) is 0 Å². The van der Waals surface area contributed by atoms with Gasteiger partial charge in [0, 0.05) is 5.56 Å². The number of ether oxygens (including phenoxy) is 1. The summed E-state index contributed by atoms with van der Waals surface area (Å²) in [6.45, 7) is 3.79. The van der Waals surface area contributed by atoms with Crippen LogP contribution >= 0.6 is 0 Å². The third-order valence-corrected chi connectivity index (χ3v) is 3.31. The van der Waals surface area contributed by atoms with Crippen molar-refractivity contribution in [3.8, 4) is 12.1 Å². The van der Waals surface area contributed by atoms with E-state index in [1.54, 1.807) is 48.5 Å². The lowest BCUT2D eigenvalue weighted by atomic mass is 9.95. The van der Waals surface area contributed by atoms with Crippen LogP contribution in [0.25, 0.3) is 0 Å². The number of nitriles is 2. The maximum atomic E-state index is 12.2. The molecule has 22 heavy (non-hydrogen) atoms. The average molecular weight is 290 g/mol. The van der Waals surface area contributed by atoms with Crippen LogP contribution in [0.2, 0.25) is 0 Å². The molecule has 0 N–H and O–H groups in total. The van der Waals surface area contributed by atoms with Gasteiger partial charge in [0.15, 0.2) is 0 Å². The highest BCUT2D eigenvalue weighted by atomic mass is 16.6. The topological polar surface area (TPSA) is 73.9 Å². The summed E-state index contributed by atoms with van der Waals surface area (Å²) < 4.78 is 5.23. The summed E-state index contributed by atoms with van der Waals surface area (Å²) >= 11 is 0. The predicted molar refractivity (Wildman–Crippen MR) is 80.7 cm³/mol. The van der Waals surface area contributed by atoms with E-state index in [0.717, 1.165) is 11.1 Å². The van der Waals surface area contributed by atoms with Crippen molar-refractivity contribution in [2.24, 2.45) is 0 Å². The molecule has 0 heterocycles. The Kier molecular flexibility index (Phi) is 4.25. The van der Waals surface area contributed by atoms with E-state index in [4.69, 9.17) is 4.74 Å². The third kappa shape index (κ3) is 2.97. The molecule has 0 atom stereocenters. The molecule has 0 bridgehead atoms. The molecule has 0 aliphatic rings. The van der Waals surface area contributed by atoms with E-state index in [1.807, 2.05) is 26.0 Å². The number of hydrogen-bond donors (Lipinski definition) is 0. The number of carbonyl (C=O) groups excluding carboxylic acids is 1. The average Bonchev–Trinajstić information content (AvgIpc) is 2.54. The fourth-order valence-corrected chi connectivity index (χ4v) is 1.93. The van der Waals surface area contributed by atoms with Gasteiger partial charge in [-0.05, 0) is 26.0 Å². The van der Waals surface area contributed by atoms with E-state index < -0.39 is 11.6 Å². The lowest BCUT2D eigenvalue weighted by Crippen LogP contribution is -2.29. The van der Waals surface area contributed by atoms with E-state index >= 15 is 0 Å². The Balaban J connectivity index is 2.35. The lowest BCUT2D eigenvalue weighted by Gasteiger charge is -2.20. The molecule has 0 aliphatic carbocycles. The van der Waals surface area contributed by atoms with E-state index in [2.05, 4.69) is 0 Å². The molecule has 4 nitrogen and oxygen atoms in total. The van der Waals surface area contributed by atoms with E-state index in [9.17, 15) is 15.3 Å². The van der Waals surface area contributed by atoms with Crippen molar-refractivity contribution in [3.05, 3.63) is 70.8 Å². The van der Waals surface area contributed by atoms with Gasteiger partial charge in [0.2, 0.25) is 0 Å². The first-order chi connectivity index (χ1) is 10.5. The molecule has 0 radical (unpaired) electrons. The molecule has 2 aromatic carbocycles. The summed E-state index contributed by atoms with van der Waals surface area (Å²) in [5.41, 5.74) is 0.673. The minimum atomic E-state index is -1.95. The zero-order valence-electron chi connectivity index (χ0n) is 12.3. The molecule has 108 valence electrons. The van der Waals surface area contributed by atoms with Gasteiger partial charge in [0.05, 0.1) is 5.56 Å². The van der Waals surface area contributed by atoms with E-state index in [-0.39, 0.29) is 0 Å². The summed E-state index contributed by atoms with van der Waals surface area (Å²) in [5.74, 6) is -0.705. The summed E-state index contributed by atoms with van der Waals surface area (Å²) in [6.07, 6.45) is 0. The van der Waals surface area contributed by atoms with Crippen molar-refractivity contribution in [3.63, 3.8) is 0 Å². The fraction of sp³-hybridized carbons (Fsp3) is 0.167. The van der Waals surface area contributed by atoms with Gasteiger partial charge in [0.1, 0.15) is 12.1 Å². The van der Waals surface area contributed by atoms with Crippen LogP contribution in [0.15, 0.2) is 48.5 Å². The van der Waals surface area contributed by atoms with Gasteiger partial charge in [-0.15, -0.1) is 0 Å². The van der Waals surface area contributed by atoms with Crippen molar-refractivity contribution in [1.82, 2.24) is 0 Å². The van der Waals surface area contributed by atoms with Crippen LogP contribution in [-0.2, 0) is 10.3 Å². The number of esters is 1. The Morgan fingerprint density at radius 2 is 1.36 bits per heavy atom. The normalized spacial score (nSPS) is 10.4. The first-order valence-corrected chi connectivity index (χ1v) is 6.70. The number of nitrogens with zero attached hydrogens (tertiary/aromatic N) is 2. The summed E-state index contributed by atoms with van der Waals surface area (Å²) in [7, 11) is 0. The standard InChI is InChI=1S/C18H14N2O2/c1-13-3-7-15(8-4-13)17(21)22-18(11-19,12-20)16-9-5-14(2)6-10-16/h3-10H,1-2H3. The summed E-state index contributed by atoms with van der Waals surface area (Å²) in [4.78, 5) is 12.2. The molecule has 0 saturated carbocycles. The maximum absolute atomic E-state index is 12.2. The van der Waals surface area contributed by atoms with Crippen LogP contribution in [0.4, 0.5) is 0 Å². The first kappa shape index (κ1) is 15.3. The molecule has 0 aliphatic heterocycles. The second-order valence-corrected chi connectivity index (χ2v) is 5.03. The number of benzene rings is 2. The number of hydrogen-bond acceptors (Lipinski definition) is 4. The SMILES string of the molecule is Cc1ccc(C(=O)OC(C#N)(C#N)c2ccc(C)cc2)cc1. The molecule has 0 unspecified atom stereocenters. The predicted octanol–water partition coefficient (Wildman–Crippen LogP) is 3.40. The van der Waals surface area contributed by atoms with Gasteiger partial charge in [-0.2, -0.15) is 10.5 Å². The smallest absolute Gasteiger partial charge is 0.340 e. The molecule has 2 aromatic rings. The van der Waals surface area contributed by atoms with Crippen molar-refractivity contribution < 1.29 is 9.53 Å². The highest BCUT2D eigenvalue weighted by Crippen LogP contribution is 2.26. The molecule has 0 saturated heterocycles. The molecule has 4 heteroatoms. The monoisotopic (exact) mass is 290 g/mol. The van der Waals surface area contributed by atoms with Crippen LogP contribution in [0.5, 0.6) is 0 Å².